The SMILES string of the molecule is CC(C)(C)OC(=O)NC[C@H](NCC(=O)NCc1cccs1)C1CCCCC1. The first-order chi connectivity index (χ1) is 12.8. The molecule has 0 aliphatic heterocycles. The lowest BCUT2D eigenvalue weighted by Gasteiger charge is -2.31. The lowest BCUT2D eigenvalue weighted by molar-refractivity contribution is -0.120. The number of hydrogen-bond donors (Lipinski definition) is 3. The van der Waals surface area contributed by atoms with Crippen molar-refractivity contribution in [2.45, 2.75) is 71.1 Å². The van der Waals surface area contributed by atoms with Crippen LogP contribution >= 0.6 is 11.3 Å². The van der Waals surface area contributed by atoms with Crippen LogP contribution in [0.3, 0.4) is 0 Å². The van der Waals surface area contributed by atoms with Gasteiger partial charge >= 0.3 is 6.09 Å². The van der Waals surface area contributed by atoms with E-state index in [1.54, 1.807) is 11.3 Å². The van der Waals surface area contributed by atoms with Gasteiger partial charge in [0.25, 0.3) is 0 Å². The van der Waals surface area contributed by atoms with Gasteiger partial charge in [0.05, 0.1) is 13.1 Å². The molecule has 1 aliphatic rings. The summed E-state index contributed by atoms with van der Waals surface area (Å²) >= 11 is 1.63. The van der Waals surface area contributed by atoms with Crippen molar-refractivity contribution in [3.8, 4) is 0 Å². The van der Waals surface area contributed by atoms with Gasteiger partial charge in [-0.2, -0.15) is 0 Å². The summed E-state index contributed by atoms with van der Waals surface area (Å²) in [5.41, 5.74) is -0.514. The molecule has 0 saturated heterocycles. The van der Waals surface area contributed by atoms with E-state index in [-0.39, 0.29) is 18.5 Å². The standard InChI is InChI=1S/C20H33N3O3S/c1-20(2,3)26-19(25)23-13-17(15-8-5-4-6-9-15)21-14-18(24)22-12-16-10-7-11-27-16/h7,10-11,15,17,21H,4-6,8-9,12-14H2,1-3H3,(H,22,24)(H,23,25)/t17-/m0/s1. The van der Waals surface area contributed by atoms with E-state index in [1.807, 2.05) is 38.3 Å². The third-order valence-corrected chi connectivity index (χ3v) is 5.53. The molecule has 1 aromatic rings. The minimum absolute atomic E-state index is 0.0264. The molecular weight excluding hydrogens is 362 g/mol. The van der Waals surface area contributed by atoms with E-state index >= 15 is 0 Å². The molecule has 0 aromatic carbocycles. The van der Waals surface area contributed by atoms with Crippen molar-refractivity contribution in [2.24, 2.45) is 5.92 Å². The van der Waals surface area contributed by atoms with E-state index in [0.717, 1.165) is 17.7 Å². The van der Waals surface area contributed by atoms with Crippen LogP contribution in [0.1, 0.15) is 57.8 Å². The van der Waals surface area contributed by atoms with E-state index in [4.69, 9.17) is 4.74 Å². The summed E-state index contributed by atoms with van der Waals surface area (Å²) < 4.78 is 5.33. The molecule has 0 unspecified atom stereocenters. The van der Waals surface area contributed by atoms with Crippen molar-refractivity contribution in [3.05, 3.63) is 22.4 Å². The van der Waals surface area contributed by atoms with Crippen LogP contribution in [0.5, 0.6) is 0 Å². The quantitative estimate of drug-likeness (QED) is 0.630. The number of alkyl carbamates (subject to hydrolysis) is 1. The topological polar surface area (TPSA) is 79.5 Å². The van der Waals surface area contributed by atoms with Crippen LogP contribution in [0, 0.1) is 5.92 Å². The maximum Gasteiger partial charge on any atom is 0.407 e. The van der Waals surface area contributed by atoms with Gasteiger partial charge in [-0.15, -0.1) is 11.3 Å². The van der Waals surface area contributed by atoms with Crippen molar-refractivity contribution in [1.82, 2.24) is 16.0 Å². The van der Waals surface area contributed by atoms with Crippen LogP contribution in [0.25, 0.3) is 0 Å². The first-order valence-corrected chi connectivity index (χ1v) is 10.7. The lowest BCUT2D eigenvalue weighted by atomic mass is 9.84. The van der Waals surface area contributed by atoms with Crippen LogP contribution in [0.4, 0.5) is 4.79 Å². The summed E-state index contributed by atoms with van der Waals surface area (Å²) in [6.45, 7) is 6.83. The predicted octanol–water partition coefficient (Wildman–Crippen LogP) is 3.43. The Morgan fingerprint density at radius 1 is 1.22 bits per heavy atom. The minimum Gasteiger partial charge on any atom is -0.444 e. The fourth-order valence-electron chi connectivity index (χ4n) is 3.33. The first-order valence-electron chi connectivity index (χ1n) is 9.83. The Kier molecular flexibility index (Phi) is 8.57. The van der Waals surface area contributed by atoms with Gasteiger partial charge < -0.3 is 20.7 Å². The van der Waals surface area contributed by atoms with Gasteiger partial charge in [-0.25, -0.2) is 4.79 Å². The van der Waals surface area contributed by atoms with E-state index in [9.17, 15) is 9.59 Å². The number of rotatable bonds is 8. The molecule has 6 nitrogen and oxygen atoms in total. The average molecular weight is 396 g/mol. The van der Waals surface area contributed by atoms with Crippen molar-refractivity contribution < 1.29 is 14.3 Å². The highest BCUT2D eigenvalue weighted by Crippen LogP contribution is 2.26. The Hall–Kier alpha value is -1.60. The van der Waals surface area contributed by atoms with Gasteiger partial charge in [0.15, 0.2) is 0 Å². The molecule has 0 radical (unpaired) electrons. The highest BCUT2D eigenvalue weighted by Gasteiger charge is 2.25. The molecule has 1 aliphatic carbocycles. The zero-order chi connectivity index (χ0) is 19.7. The maximum absolute atomic E-state index is 12.2. The second-order valence-corrected chi connectivity index (χ2v) is 9.16. The Morgan fingerprint density at radius 2 is 1.96 bits per heavy atom. The van der Waals surface area contributed by atoms with E-state index in [2.05, 4.69) is 16.0 Å². The molecular formula is C20H33N3O3S. The third-order valence-electron chi connectivity index (χ3n) is 4.65. The van der Waals surface area contributed by atoms with Gasteiger partial charge in [0.1, 0.15) is 5.60 Å². The van der Waals surface area contributed by atoms with Crippen molar-refractivity contribution in [1.29, 1.82) is 0 Å². The summed E-state index contributed by atoms with van der Waals surface area (Å²) in [6, 6.07) is 4.06. The molecule has 1 saturated carbocycles. The van der Waals surface area contributed by atoms with Crippen molar-refractivity contribution in [2.75, 3.05) is 13.1 Å². The highest BCUT2D eigenvalue weighted by atomic mass is 32.1. The fraction of sp³-hybridized carbons (Fsp3) is 0.700. The number of carbonyl (C=O) groups is 2. The van der Waals surface area contributed by atoms with Gasteiger partial charge in [-0.1, -0.05) is 25.3 Å². The number of nitrogens with one attached hydrogen (secondary N) is 3. The molecule has 1 fully saturated rings. The van der Waals surface area contributed by atoms with Crippen LogP contribution in [-0.4, -0.2) is 36.7 Å². The minimum atomic E-state index is -0.514. The molecule has 1 aromatic heterocycles. The van der Waals surface area contributed by atoms with E-state index < -0.39 is 11.7 Å². The van der Waals surface area contributed by atoms with Gasteiger partial charge in [-0.3, -0.25) is 4.79 Å². The lowest BCUT2D eigenvalue weighted by Crippen LogP contribution is -2.49. The van der Waals surface area contributed by atoms with E-state index in [0.29, 0.717) is 19.0 Å². The van der Waals surface area contributed by atoms with Crippen molar-refractivity contribution in [3.63, 3.8) is 0 Å². The van der Waals surface area contributed by atoms with Gasteiger partial charge in [0, 0.05) is 17.5 Å². The maximum atomic E-state index is 12.2. The number of hydrogen-bond acceptors (Lipinski definition) is 5. The van der Waals surface area contributed by atoms with Crippen LogP contribution in [0.2, 0.25) is 0 Å². The number of thiophene rings is 1. The van der Waals surface area contributed by atoms with Gasteiger partial charge in [-0.05, 0) is 51.0 Å². The monoisotopic (exact) mass is 395 g/mol. The molecule has 7 heteroatoms. The van der Waals surface area contributed by atoms with E-state index in [1.165, 1.54) is 19.3 Å². The molecule has 3 N–H and O–H groups in total. The van der Waals surface area contributed by atoms with Crippen molar-refractivity contribution >= 4 is 23.3 Å². The number of ether oxygens (including phenoxy) is 1. The Balaban J connectivity index is 1.80. The predicted molar refractivity (Wildman–Crippen MR) is 109 cm³/mol. The Labute approximate surface area is 166 Å². The third kappa shape index (κ3) is 8.75. The molecule has 0 spiro atoms. The summed E-state index contributed by atoms with van der Waals surface area (Å²) in [5, 5.41) is 11.2. The zero-order valence-electron chi connectivity index (χ0n) is 16.7. The molecule has 0 bridgehead atoms. The summed E-state index contributed by atoms with van der Waals surface area (Å²) in [4.78, 5) is 25.3. The average Bonchev–Trinajstić information content (AvgIpc) is 3.13. The van der Waals surface area contributed by atoms with Crippen LogP contribution in [0.15, 0.2) is 17.5 Å². The number of carbonyl (C=O) groups excluding carboxylic acids is 2. The Bertz CT molecular complexity index is 578. The largest absolute Gasteiger partial charge is 0.444 e. The molecule has 2 rings (SSSR count). The number of amides is 2. The molecule has 1 heterocycles. The second-order valence-electron chi connectivity index (χ2n) is 8.12. The summed E-state index contributed by atoms with van der Waals surface area (Å²) in [6.07, 6.45) is 5.53. The second kappa shape index (κ2) is 10.7. The van der Waals surface area contributed by atoms with Crippen LogP contribution < -0.4 is 16.0 Å². The molecule has 1 atom stereocenters. The Morgan fingerprint density at radius 3 is 2.59 bits per heavy atom. The molecule has 152 valence electrons. The molecule has 2 amide bonds. The molecule has 27 heavy (non-hydrogen) atoms. The highest BCUT2D eigenvalue weighted by molar-refractivity contribution is 7.09. The van der Waals surface area contributed by atoms with Crippen LogP contribution in [-0.2, 0) is 16.1 Å². The van der Waals surface area contributed by atoms with Gasteiger partial charge in [0.2, 0.25) is 5.91 Å². The first kappa shape index (κ1) is 21.7. The fourth-order valence-corrected chi connectivity index (χ4v) is 3.98. The normalized spacial score (nSPS) is 16.6. The summed E-state index contributed by atoms with van der Waals surface area (Å²) in [5.74, 6) is 0.445. The zero-order valence-corrected chi connectivity index (χ0v) is 17.5. The smallest absolute Gasteiger partial charge is 0.407 e. The summed E-state index contributed by atoms with van der Waals surface area (Å²) in [7, 11) is 0.